The van der Waals surface area contributed by atoms with Crippen LogP contribution in [0.1, 0.15) is 17.4 Å². The van der Waals surface area contributed by atoms with Crippen LogP contribution in [0.5, 0.6) is 0 Å². The minimum Gasteiger partial charge on any atom is -0.314 e. The molecule has 0 aliphatic carbocycles. The van der Waals surface area contributed by atoms with Crippen LogP contribution in [-0.4, -0.2) is 15.3 Å². The molecule has 0 bridgehead atoms. The molecule has 1 aromatic carbocycles. The number of ketones is 1. The number of hydrogen-bond donors (Lipinski definition) is 0. The summed E-state index contributed by atoms with van der Waals surface area (Å²) in [5.74, 6) is -0.0478. The van der Waals surface area contributed by atoms with Crippen molar-refractivity contribution in [2.45, 2.75) is 6.92 Å². The molecule has 0 saturated heterocycles. The molecule has 0 N–H and O–H groups in total. The molecule has 0 amide bonds. The SMILES string of the molecule is CC(=O)c1cccn1-c1ccc([N+](=O)[O-])cc1. The molecule has 1 heterocycles. The number of nitrogens with zero attached hydrogens (tertiary/aromatic N) is 2. The number of carbonyl (C=O) groups is 1. The van der Waals surface area contributed by atoms with Crippen LogP contribution in [-0.2, 0) is 0 Å². The second-order valence-corrected chi connectivity index (χ2v) is 3.59. The van der Waals surface area contributed by atoms with E-state index in [1.54, 1.807) is 35.0 Å². The number of Topliss-reactive ketones (excluding diaryl/α,β-unsaturated/α-hetero) is 1. The van der Waals surface area contributed by atoms with E-state index in [-0.39, 0.29) is 11.5 Å². The van der Waals surface area contributed by atoms with E-state index in [1.165, 1.54) is 19.1 Å². The van der Waals surface area contributed by atoms with Crippen LogP contribution in [0, 0.1) is 10.1 Å². The van der Waals surface area contributed by atoms with Gasteiger partial charge in [0.2, 0.25) is 0 Å². The minimum atomic E-state index is -0.453. The van der Waals surface area contributed by atoms with Gasteiger partial charge in [-0.3, -0.25) is 14.9 Å². The third-order valence-electron chi connectivity index (χ3n) is 2.45. The molecule has 1 aromatic heterocycles. The fourth-order valence-corrected chi connectivity index (χ4v) is 1.63. The monoisotopic (exact) mass is 230 g/mol. The smallest absolute Gasteiger partial charge is 0.269 e. The maximum atomic E-state index is 11.3. The zero-order valence-corrected chi connectivity index (χ0v) is 9.16. The van der Waals surface area contributed by atoms with Gasteiger partial charge in [0.15, 0.2) is 5.78 Å². The van der Waals surface area contributed by atoms with E-state index >= 15 is 0 Å². The lowest BCUT2D eigenvalue weighted by molar-refractivity contribution is -0.384. The lowest BCUT2D eigenvalue weighted by Gasteiger charge is -2.06. The van der Waals surface area contributed by atoms with Crippen LogP contribution in [0.3, 0.4) is 0 Å². The summed E-state index contributed by atoms with van der Waals surface area (Å²) in [5.41, 5.74) is 1.31. The van der Waals surface area contributed by atoms with Crippen molar-refractivity contribution in [3.63, 3.8) is 0 Å². The van der Waals surface area contributed by atoms with Gasteiger partial charge in [-0.25, -0.2) is 0 Å². The highest BCUT2D eigenvalue weighted by Gasteiger charge is 2.09. The Morgan fingerprint density at radius 3 is 2.41 bits per heavy atom. The first-order chi connectivity index (χ1) is 8.09. The number of hydrogen-bond acceptors (Lipinski definition) is 3. The van der Waals surface area contributed by atoms with Crippen molar-refractivity contribution in [1.82, 2.24) is 4.57 Å². The highest BCUT2D eigenvalue weighted by atomic mass is 16.6. The Hall–Kier alpha value is -2.43. The average Bonchev–Trinajstić information content (AvgIpc) is 2.78. The van der Waals surface area contributed by atoms with Crippen molar-refractivity contribution in [2.75, 3.05) is 0 Å². The van der Waals surface area contributed by atoms with E-state index < -0.39 is 4.92 Å². The second-order valence-electron chi connectivity index (χ2n) is 3.59. The van der Waals surface area contributed by atoms with Gasteiger partial charge >= 0.3 is 0 Å². The Morgan fingerprint density at radius 2 is 1.88 bits per heavy atom. The van der Waals surface area contributed by atoms with Crippen molar-refractivity contribution in [1.29, 1.82) is 0 Å². The lowest BCUT2D eigenvalue weighted by atomic mass is 10.2. The normalized spacial score (nSPS) is 10.2. The first-order valence-corrected chi connectivity index (χ1v) is 5.03. The van der Waals surface area contributed by atoms with Crippen LogP contribution in [0.25, 0.3) is 5.69 Å². The average molecular weight is 230 g/mol. The lowest BCUT2D eigenvalue weighted by Crippen LogP contribution is -2.03. The van der Waals surface area contributed by atoms with Crippen LogP contribution in [0.2, 0.25) is 0 Å². The van der Waals surface area contributed by atoms with Crippen molar-refractivity contribution >= 4 is 11.5 Å². The Morgan fingerprint density at radius 1 is 1.24 bits per heavy atom. The highest BCUT2D eigenvalue weighted by Crippen LogP contribution is 2.17. The number of rotatable bonds is 3. The summed E-state index contributed by atoms with van der Waals surface area (Å²) in [5, 5.41) is 10.5. The van der Waals surface area contributed by atoms with Crippen molar-refractivity contribution in [3.05, 3.63) is 58.4 Å². The van der Waals surface area contributed by atoms with Crippen LogP contribution < -0.4 is 0 Å². The van der Waals surface area contributed by atoms with Gasteiger partial charge in [-0.15, -0.1) is 0 Å². The van der Waals surface area contributed by atoms with Gasteiger partial charge in [0.1, 0.15) is 0 Å². The molecule has 0 fully saturated rings. The van der Waals surface area contributed by atoms with Gasteiger partial charge in [-0.05, 0) is 24.3 Å². The zero-order valence-electron chi connectivity index (χ0n) is 9.16. The molecule has 0 radical (unpaired) electrons. The molecule has 2 aromatic rings. The molecule has 0 atom stereocenters. The predicted octanol–water partition coefficient (Wildman–Crippen LogP) is 2.59. The van der Waals surface area contributed by atoms with E-state index in [2.05, 4.69) is 0 Å². The van der Waals surface area contributed by atoms with E-state index in [1.807, 2.05) is 0 Å². The van der Waals surface area contributed by atoms with Gasteiger partial charge in [-0.1, -0.05) is 0 Å². The maximum Gasteiger partial charge on any atom is 0.269 e. The summed E-state index contributed by atoms with van der Waals surface area (Å²) in [4.78, 5) is 21.4. The Kier molecular flexibility index (Phi) is 2.74. The second kappa shape index (κ2) is 4.21. The van der Waals surface area contributed by atoms with E-state index in [4.69, 9.17) is 0 Å². The fraction of sp³-hybridized carbons (Fsp3) is 0.0833. The molecule has 0 saturated carbocycles. The quantitative estimate of drug-likeness (QED) is 0.462. The molecule has 17 heavy (non-hydrogen) atoms. The van der Waals surface area contributed by atoms with Crippen molar-refractivity contribution in [2.24, 2.45) is 0 Å². The van der Waals surface area contributed by atoms with Gasteiger partial charge in [0.05, 0.1) is 10.6 Å². The summed E-state index contributed by atoms with van der Waals surface area (Å²) in [6.07, 6.45) is 1.75. The number of aromatic nitrogens is 1. The number of benzene rings is 1. The number of non-ortho nitro benzene ring substituents is 1. The molecule has 2 rings (SSSR count). The van der Waals surface area contributed by atoms with Gasteiger partial charge in [0, 0.05) is 30.9 Å². The number of carbonyl (C=O) groups excluding carboxylic acids is 1. The highest BCUT2D eigenvalue weighted by molar-refractivity contribution is 5.93. The Labute approximate surface area is 97.5 Å². The summed E-state index contributed by atoms with van der Waals surface area (Å²) < 4.78 is 1.70. The molecule has 86 valence electrons. The van der Waals surface area contributed by atoms with Gasteiger partial charge < -0.3 is 4.57 Å². The third-order valence-corrected chi connectivity index (χ3v) is 2.45. The topological polar surface area (TPSA) is 65.1 Å². The van der Waals surface area contributed by atoms with E-state index in [0.717, 1.165) is 5.69 Å². The van der Waals surface area contributed by atoms with Crippen LogP contribution in [0.15, 0.2) is 42.6 Å². The van der Waals surface area contributed by atoms with Crippen molar-refractivity contribution in [3.8, 4) is 5.69 Å². The number of nitro groups is 1. The molecule has 5 nitrogen and oxygen atoms in total. The molecular weight excluding hydrogens is 220 g/mol. The molecule has 0 aliphatic heterocycles. The Balaban J connectivity index is 2.43. The van der Waals surface area contributed by atoms with E-state index in [0.29, 0.717) is 5.69 Å². The maximum absolute atomic E-state index is 11.3. The first kappa shape index (κ1) is 11.1. The van der Waals surface area contributed by atoms with Gasteiger partial charge in [-0.2, -0.15) is 0 Å². The molecule has 0 aliphatic rings. The van der Waals surface area contributed by atoms with Crippen molar-refractivity contribution < 1.29 is 9.72 Å². The minimum absolute atomic E-state index is 0.0327. The molecular formula is C12H10N2O3. The summed E-state index contributed by atoms with van der Waals surface area (Å²) in [6.45, 7) is 1.48. The summed E-state index contributed by atoms with van der Waals surface area (Å²) in [6, 6.07) is 9.54. The Bertz CT molecular complexity index is 570. The molecule has 0 spiro atoms. The molecule has 0 unspecified atom stereocenters. The standard InChI is InChI=1S/C12H10N2O3/c1-9(15)12-3-2-8-13(12)10-4-6-11(7-5-10)14(16)17/h2-8H,1H3. The largest absolute Gasteiger partial charge is 0.314 e. The zero-order chi connectivity index (χ0) is 12.4. The van der Waals surface area contributed by atoms with Crippen LogP contribution >= 0.6 is 0 Å². The van der Waals surface area contributed by atoms with Gasteiger partial charge in [0.25, 0.3) is 5.69 Å². The summed E-state index contributed by atoms with van der Waals surface area (Å²) in [7, 11) is 0. The van der Waals surface area contributed by atoms with Crippen LogP contribution in [0.4, 0.5) is 5.69 Å². The summed E-state index contributed by atoms with van der Waals surface area (Å²) >= 11 is 0. The number of nitro benzene ring substituents is 1. The molecule has 5 heteroatoms. The third kappa shape index (κ3) is 2.08. The van der Waals surface area contributed by atoms with E-state index in [9.17, 15) is 14.9 Å². The fourth-order valence-electron chi connectivity index (χ4n) is 1.63. The predicted molar refractivity (Wildman–Crippen MR) is 62.4 cm³/mol. The first-order valence-electron chi connectivity index (χ1n) is 5.03.